The summed E-state index contributed by atoms with van der Waals surface area (Å²) in [4.78, 5) is 193. The van der Waals surface area contributed by atoms with Crippen LogP contribution in [0.1, 0.15) is 6.92 Å². The lowest BCUT2D eigenvalue weighted by atomic mass is 10.5. The Morgan fingerprint density at radius 3 is 0.225 bits per heavy atom. The SMILES string of the molecule is C=CC=CC(=O)O.C=CC=CC(=O)O.C=CC=CC(=O)O.C=CC=CC(=O)O.C=CC=CC(=O)O.C=CC=CC(=O)O.C=CC=CC(=O)O.C=CC=CC(=O)O.C=CC=CC(=O)O.C=CC=CC(=O)O.C=CC=CC(=O)O.C=CC=CC(=O)O.C=CC=CC(=O)O.C=CC=CC(=O)O.C=CC=CC(=O)O.C=CC=CC(=O)O.C=CC=CC(=O)O.C=CC=CC(=O)O.C=CC=CC(=O)O.C=CC=CC(=O)OCC. The molecule has 0 heterocycles. The van der Waals surface area contributed by atoms with Gasteiger partial charge in [-0.3, -0.25) is 0 Å². The Kier molecular flexibility index (Phi) is 200. The van der Waals surface area contributed by atoms with Gasteiger partial charge < -0.3 is 102 Å². The van der Waals surface area contributed by atoms with Crippen molar-refractivity contribution >= 4 is 119 Å². The number of carbonyl (C=O) groups is 20. The second kappa shape index (κ2) is 167. The normalized spacial score (nSPS) is 9.16. The Labute approximate surface area is 823 Å². The van der Waals surface area contributed by atoms with E-state index in [4.69, 9.17) is 97.0 Å². The first-order valence-electron chi connectivity index (χ1n) is 36.8. The number of hydrogen-bond donors (Lipinski definition) is 19. The molecular weight excluding hydrogens is 1870 g/mol. The molecule has 0 radical (unpaired) electrons. The number of aliphatic carboxylic acids is 19. The highest BCUT2D eigenvalue weighted by atomic mass is 16.5. The summed E-state index contributed by atoms with van der Waals surface area (Å²) in [5.74, 6) is -18.3. The summed E-state index contributed by atoms with van der Waals surface area (Å²) in [5.41, 5.74) is 0. The van der Waals surface area contributed by atoms with Crippen LogP contribution in [0.25, 0.3) is 0 Å². The molecule has 0 aliphatic carbocycles. The number of ether oxygens (including phenoxy) is 1. The van der Waals surface area contributed by atoms with Crippen molar-refractivity contribution in [1.29, 1.82) is 0 Å². The van der Waals surface area contributed by atoms with Gasteiger partial charge >= 0.3 is 119 Å². The summed E-state index contributed by atoms with van der Waals surface area (Å²) in [6, 6.07) is 0. The van der Waals surface area contributed by atoms with Crippen LogP contribution in [0.3, 0.4) is 0 Å². The van der Waals surface area contributed by atoms with E-state index in [-0.39, 0.29) is 5.97 Å². The van der Waals surface area contributed by atoms with Crippen LogP contribution in [-0.4, -0.2) is 223 Å². The van der Waals surface area contributed by atoms with Crippen LogP contribution < -0.4 is 0 Å². The minimum Gasteiger partial charge on any atom is -0.478 e. The van der Waals surface area contributed by atoms with Gasteiger partial charge in [0.2, 0.25) is 0 Å². The van der Waals surface area contributed by atoms with Gasteiger partial charge in [-0.1, -0.05) is 375 Å². The molecule has 0 spiro atoms. The average molecular weight is 1990 g/mol. The highest BCUT2D eigenvalue weighted by Gasteiger charge is 1.91. The van der Waals surface area contributed by atoms with E-state index in [1.807, 2.05) is 0 Å². The lowest BCUT2D eigenvalue weighted by Gasteiger charge is -1.91. The topological polar surface area (TPSA) is 735 Å². The minimum atomic E-state index is -0.945. The Morgan fingerprint density at radius 1 is 0.134 bits per heavy atom. The third-order valence-corrected chi connectivity index (χ3v) is 7.78. The van der Waals surface area contributed by atoms with Crippen molar-refractivity contribution in [3.8, 4) is 0 Å². The van der Waals surface area contributed by atoms with Gasteiger partial charge in [0.15, 0.2) is 0 Å². The summed E-state index contributed by atoms with van der Waals surface area (Å²) >= 11 is 0. The van der Waals surface area contributed by atoms with Gasteiger partial charge in [-0.05, 0) is 6.92 Å². The van der Waals surface area contributed by atoms with E-state index in [0.717, 1.165) is 115 Å². The molecule has 0 bridgehead atoms. The molecule has 142 heavy (non-hydrogen) atoms. The van der Waals surface area contributed by atoms with Gasteiger partial charge in [-0.25, -0.2) is 95.9 Å². The first-order valence-corrected chi connectivity index (χ1v) is 36.8. The van der Waals surface area contributed by atoms with E-state index in [1.165, 1.54) is 249 Å². The van der Waals surface area contributed by atoms with Crippen LogP contribution >= 0.6 is 0 Å². The number of carbonyl (C=O) groups excluding carboxylic acids is 1. The first kappa shape index (κ1) is 171. The molecule has 772 valence electrons. The van der Waals surface area contributed by atoms with E-state index in [2.05, 4.69) is 136 Å². The Hall–Kier alpha value is -21.0. The lowest BCUT2D eigenvalue weighted by Crippen LogP contribution is -1.98. The van der Waals surface area contributed by atoms with Crippen LogP contribution in [0, 0.1) is 0 Å². The monoisotopic (exact) mass is 1990 g/mol. The third kappa shape index (κ3) is 431. The van der Waals surface area contributed by atoms with E-state index in [9.17, 15) is 95.9 Å². The molecular formula is C102H124O40. The van der Waals surface area contributed by atoms with Gasteiger partial charge in [0, 0.05) is 122 Å². The number of carboxylic acid groups (broad SMARTS) is 19. The van der Waals surface area contributed by atoms with Crippen molar-refractivity contribution in [3.63, 3.8) is 0 Å². The fraction of sp³-hybridized carbons (Fsp3) is 0.0196. The van der Waals surface area contributed by atoms with Crippen LogP contribution in [0.5, 0.6) is 0 Å². The summed E-state index contributed by atoms with van der Waals surface area (Å²) < 4.78 is 4.57. The van der Waals surface area contributed by atoms with Gasteiger partial charge in [0.1, 0.15) is 0 Å². The molecule has 40 nitrogen and oxygen atoms in total. The maximum atomic E-state index is 10.4. The zero-order chi connectivity index (χ0) is 115. The van der Waals surface area contributed by atoms with Gasteiger partial charge in [-0.15, -0.1) is 0 Å². The standard InChI is InChI=1S/C7H10O2.19C5H6O2/c1-3-5-6-7(8)9-4-2;19*1-2-3-4-5(6)7/h3,5-6H,1,4H2,2H3;19*2-4H,1H2,(H,6,7). The quantitative estimate of drug-likeness (QED) is 0.0154. The van der Waals surface area contributed by atoms with Crippen molar-refractivity contribution in [1.82, 2.24) is 0 Å². The zero-order valence-electron chi connectivity index (χ0n) is 77.6. The summed E-state index contributed by atoms with van der Waals surface area (Å²) in [6.45, 7) is 67.9. The van der Waals surface area contributed by atoms with E-state index in [0.29, 0.717) is 6.61 Å². The molecule has 0 rings (SSSR count). The Balaban J connectivity index is -0.0000000613. The zero-order valence-corrected chi connectivity index (χ0v) is 77.6. The van der Waals surface area contributed by atoms with E-state index >= 15 is 0 Å². The van der Waals surface area contributed by atoms with Crippen molar-refractivity contribution in [2.24, 2.45) is 0 Å². The summed E-state index contributed by atoms with van der Waals surface area (Å²) in [6.07, 6.45) is 76.5. The smallest absolute Gasteiger partial charge is 0.330 e. The number of esters is 1. The van der Waals surface area contributed by atoms with Crippen molar-refractivity contribution in [2.75, 3.05) is 6.61 Å². The number of hydrogen-bond acceptors (Lipinski definition) is 21. The van der Waals surface area contributed by atoms with Gasteiger partial charge in [-0.2, -0.15) is 0 Å². The lowest BCUT2D eigenvalue weighted by molar-refractivity contribution is -0.137. The molecule has 0 fully saturated rings. The summed E-state index contributed by atoms with van der Waals surface area (Å²) in [7, 11) is 0. The van der Waals surface area contributed by atoms with Crippen molar-refractivity contribution in [2.45, 2.75) is 6.92 Å². The predicted octanol–water partition coefficient (Wildman–Crippen LogP) is 16.7. The molecule has 0 saturated heterocycles. The van der Waals surface area contributed by atoms with Crippen molar-refractivity contribution < 1.29 is 198 Å². The fourth-order valence-corrected chi connectivity index (χ4v) is 3.19. The minimum absolute atomic E-state index is 0.322. The second-order valence-electron chi connectivity index (χ2n) is 19.1. The maximum Gasteiger partial charge on any atom is 0.330 e. The van der Waals surface area contributed by atoms with Gasteiger partial charge in [0.25, 0.3) is 0 Å². The van der Waals surface area contributed by atoms with Crippen LogP contribution in [0.15, 0.2) is 496 Å². The highest BCUT2D eigenvalue weighted by molar-refractivity contribution is 5.86. The molecule has 0 saturated carbocycles. The molecule has 40 heteroatoms. The molecule has 0 atom stereocenters. The third-order valence-electron chi connectivity index (χ3n) is 7.78. The Morgan fingerprint density at radius 2 is 0.190 bits per heavy atom. The first-order chi connectivity index (χ1) is 66.4. The number of rotatable bonds is 41. The molecule has 0 aliphatic heterocycles. The highest BCUT2D eigenvalue weighted by Crippen LogP contribution is 1.83. The van der Waals surface area contributed by atoms with Crippen LogP contribution in [0.4, 0.5) is 0 Å². The van der Waals surface area contributed by atoms with Crippen LogP contribution in [0.2, 0.25) is 0 Å². The van der Waals surface area contributed by atoms with E-state index < -0.39 is 113 Å². The second-order valence-corrected chi connectivity index (χ2v) is 19.1. The molecule has 0 amide bonds. The predicted molar refractivity (Wildman–Crippen MR) is 548 cm³/mol. The average Bonchev–Trinajstić information content (AvgIpc) is 1.07. The molecule has 19 N–H and O–H groups in total. The van der Waals surface area contributed by atoms with Crippen molar-refractivity contribution in [3.05, 3.63) is 496 Å². The molecule has 0 aliphatic rings. The summed E-state index contributed by atoms with van der Waals surface area (Å²) in [5, 5.41) is 150. The molecule has 0 aromatic carbocycles. The number of allylic oxidation sites excluding steroid dienone is 40. The van der Waals surface area contributed by atoms with E-state index in [1.54, 1.807) is 6.92 Å². The maximum absolute atomic E-state index is 10.4. The Bertz CT molecular complexity index is 3380. The molecule has 0 aromatic rings. The van der Waals surface area contributed by atoms with Crippen LogP contribution in [-0.2, 0) is 101 Å². The molecule has 0 aromatic heterocycles. The van der Waals surface area contributed by atoms with Gasteiger partial charge in [0.05, 0.1) is 6.61 Å². The fourth-order valence-electron chi connectivity index (χ4n) is 3.19. The molecule has 0 unspecified atom stereocenters. The number of carboxylic acids is 19. The largest absolute Gasteiger partial charge is 0.478 e.